The van der Waals surface area contributed by atoms with Crippen LogP contribution in [0.1, 0.15) is 36.7 Å². The zero-order chi connectivity index (χ0) is 20.1. The predicted molar refractivity (Wildman–Crippen MR) is 98.3 cm³/mol. The van der Waals surface area contributed by atoms with Gasteiger partial charge in [0.05, 0.1) is 31.9 Å². The first-order valence-electron chi connectivity index (χ1n) is 8.64. The Morgan fingerprint density at radius 2 is 1.77 bits per heavy atom. The van der Waals surface area contributed by atoms with Crippen LogP contribution in [-0.4, -0.2) is 77.9 Å². The number of carbonyl (C=O) groups is 1. The van der Waals surface area contributed by atoms with E-state index in [0.29, 0.717) is 29.7 Å². The normalized spacial score (nSPS) is 13.5. The van der Waals surface area contributed by atoms with Crippen LogP contribution in [0.2, 0.25) is 0 Å². The molecule has 0 fully saturated rings. The van der Waals surface area contributed by atoms with Crippen LogP contribution in [0.15, 0.2) is 12.1 Å². The fraction of sp³-hybridized carbons (Fsp3) is 0.632. The number of aromatic hydroxyl groups is 2. The summed E-state index contributed by atoms with van der Waals surface area (Å²) >= 11 is 0. The average molecular weight is 370 g/mol. The van der Waals surface area contributed by atoms with Gasteiger partial charge in [-0.15, -0.1) is 0 Å². The highest BCUT2D eigenvalue weighted by Crippen LogP contribution is 2.28. The average Bonchev–Trinajstić information content (AvgIpc) is 2.46. The number of hydrogen-bond donors (Lipinski definition) is 3. The van der Waals surface area contributed by atoms with Crippen molar-refractivity contribution in [1.82, 2.24) is 0 Å². The quantitative estimate of drug-likeness (QED) is 0.367. The van der Waals surface area contributed by atoms with Crippen LogP contribution >= 0.6 is 0 Å². The fourth-order valence-corrected chi connectivity index (χ4v) is 2.46. The summed E-state index contributed by atoms with van der Waals surface area (Å²) in [5.41, 5.74) is 0.428. The van der Waals surface area contributed by atoms with Gasteiger partial charge in [-0.2, -0.15) is 0 Å². The number of quaternary nitrogens is 1. The number of aliphatic hydroxyl groups is 1. The number of likely N-dealkylation sites (N-methyl/N-ethyl adjacent to an activating group) is 1. The zero-order valence-electron chi connectivity index (χ0n) is 16.6. The van der Waals surface area contributed by atoms with Gasteiger partial charge in [0.2, 0.25) is 0 Å². The van der Waals surface area contributed by atoms with Gasteiger partial charge in [0.25, 0.3) is 0 Å². The van der Waals surface area contributed by atoms with Crippen LogP contribution in [0.5, 0.6) is 11.5 Å². The number of carbonyl (C=O) groups excluding carboxylic acids is 1. The summed E-state index contributed by atoms with van der Waals surface area (Å²) in [6.45, 7) is 9.13. The fourth-order valence-electron chi connectivity index (χ4n) is 2.46. The molecule has 3 N–H and O–H groups in total. The van der Waals surface area contributed by atoms with Crippen LogP contribution in [0.3, 0.4) is 0 Å². The number of phenolic OH excluding ortho intramolecular Hbond substituents is 2. The van der Waals surface area contributed by atoms with Crippen LogP contribution in [0.4, 0.5) is 0 Å². The summed E-state index contributed by atoms with van der Waals surface area (Å²) in [4.78, 5) is 12.1. The van der Waals surface area contributed by atoms with Crippen LogP contribution in [0, 0.1) is 6.92 Å². The van der Waals surface area contributed by atoms with E-state index in [2.05, 4.69) is 0 Å². The Labute approximate surface area is 155 Å². The largest absolute Gasteiger partial charge is 0.504 e. The molecular formula is C19H32NO6+. The maximum atomic E-state index is 12.1. The van der Waals surface area contributed by atoms with Crippen molar-refractivity contribution < 1.29 is 34.1 Å². The highest BCUT2D eigenvalue weighted by atomic mass is 16.5. The van der Waals surface area contributed by atoms with Crippen molar-refractivity contribution in [2.45, 2.75) is 39.4 Å². The van der Waals surface area contributed by atoms with E-state index in [1.807, 2.05) is 34.9 Å². The highest BCUT2D eigenvalue weighted by molar-refractivity contribution is 5.92. The molecule has 148 valence electrons. The molecule has 7 nitrogen and oxygen atoms in total. The molecular weight excluding hydrogens is 338 g/mol. The van der Waals surface area contributed by atoms with Gasteiger partial charge < -0.3 is 29.3 Å². The number of ether oxygens (including phenoxy) is 2. The molecule has 0 spiro atoms. The number of esters is 1. The molecule has 1 rings (SSSR count). The van der Waals surface area contributed by atoms with Crippen molar-refractivity contribution in [3.8, 4) is 11.5 Å². The Balaban J connectivity index is 2.51. The summed E-state index contributed by atoms with van der Waals surface area (Å²) in [5.74, 6) is -1.34. The van der Waals surface area contributed by atoms with Crippen molar-refractivity contribution in [3.05, 3.63) is 23.3 Å². The molecule has 0 aliphatic rings. The number of aryl methyl sites for hydroxylation is 1. The van der Waals surface area contributed by atoms with E-state index in [-0.39, 0.29) is 29.3 Å². The second kappa shape index (κ2) is 8.70. The standard InChI is InChI=1S/C19H31NO6/c1-13-9-16(22)17(23)10-15(13)18(24)25-12-14(21)11-20(5,6)7-8-26-19(2,3)4/h9-10,14,21H,7-8,11-12H2,1-6H3,(H-,22,23,24)/p+1. The van der Waals surface area contributed by atoms with Gasteiger partial charge in [0.15, 0.2) is 11.5 Å². The third-order valence-corrected chi connectivity index (χ3v) is 3.88. The van der Waals surface area contributed by atoms with E-state index in [1.165, 1.54) is 6.07 Å². The van der Waals surface area contributed by atoms with Crippen LogP contribution in [0.25, 0.3) is 0 Å². The third kappa shape index (κ3) is 7.59. The Bertz CT molecular complexity index is 621. The van der Waals surface area contributed by atoms with E-state index >= 15 is 0 Å². The second-order valence-corrected chi connectivity index (χ2v) is 8.21. The highest BCUT2D eigenvalue weighted by Gasteiger charge is 2.23. The van der Waals surface area contributed by atoms with Crippen LogP contribution in [-0.2, 0) is 9.47 Å². The molecule has 1 unspecified atom stereocenters. The van der Waals surface area contributed by atoms with Crippen molar-refractivity contribution >= 4 is 5.97 Å². The molecule has 1 atom stereocenters. The van der Waals surface area contributed by atoms with E-state index in [4.69, 9.17) is 9.47 Å². The smallest absolute Gasteiger partial charge is 0.338 e. The minimum atomic E-state index is -0.824. The number of benzene rings is 1. The predicted octanol–water partition coefficient (Wildman–Crippen LogP) is 1.82. The number of nitrogens with zero attached hydrogens (tertiary/aromatic N) is 1. The Kier molecular flexibility index (Phi) is 7.44. The molecule has 26 heavy (non-hydrogen) atoms. The second-order valence-electron chi connectivity index (χ2n) is 8.21. The van der Waals surface area contributed by atoms with Gasteiger partial charge in [0.1, 0.15) is 25.8 Å². The first-order chi connectivity index (χ1) is 11.8. The number of aliphatic hydroxyl groups excluding tert-OH is 1. The molecule has 0 saturated heterocycles. The minimum Gasteiger partial charge on any atom is -0.504 e. The lowest BCUT2D eigenvalue weighted by Gasteiger charge is -2.32. The maximum absolute atomic E-state index is 12.1. The molecule has 0 aromatic heterocycles. The molecule has 0 saturated carbocycles. The number of hydrogen-bond acceptors (Lipinski definition) is 6. The topological polar surface area (TPSA) is 96.2 Å². The summed E-state index contributed by atoms with van der Waals surface area (Å²) in [6.07, 6.45) is -0.824. The third-order valence-electron chi connectivity index (χ3n) is 3.88. The Morgan fingerprint density at radius 1 is 1.19 bits per heavy atom. The molecule has 0 aliphatic heterocycles. The number of rotatable bonds is 8. The van der Waals surface area contributed by atoms with Gasteiger partial charge in [-0.3, -0.25) is 0 Å². The monoisotopic (exact) mass is 370 g/mol. The summed E-state index contributed by atoms with van der Waals surface area (Å²) < 4.78 is 11.4. The van der Waals surface area contributed by atoms with Crippen molar-refractivity contribution in [3.63, 3.8) is 0 Å². The van der Waals surface area contributed by atoms with Gasteiger partial charge in [-0.1, -0.05) is 0 Å². The number of phenols is 2. The lowest BCUT2D eigenvalue weighted by Crippen LogP contribution is -2.49. The van der Waals surface area contributed by atoms with Gasteiger partial charge in [-0.05, 0) is 45.4 Å². The van der Waals surface area contributed by atoms with Crippen molar-refractivity contribution in [2.24, 2.45) is 0 Å². The summed E-state index contributed by atoms with van der Waals surface area (Å²) in [6, 6.07) is 2.45. The minimum absolute atomic E-state index is 0.151. The van der Waals surface area contributed by atoms with E-state index in [0.717, 1.165) is 6.07 Å². The summed E-state index contributed by atoms with van der Waals surface area (Å²) in [5, 5.41) is 29.1. The molecule has 7 heteroatoms. The SMILES string of the molecule is Cc1cc(O)c(O)cc1C(=O)OCC(O)C[N+](C)(C)CCOC(C)(C)C. The molecule has 0 amide bonds. The van der Waals surface area contributed by atoms with E-state index < -0.39 is 12.1 Å². The van der Waals surface area contributed by atoms with Gasteiger partial charge in [-0.25, -0.2) is 4.79 Å². The van der Waals surface area contributed by atoms with E-state index in [1.54, 1.807) is 6.92 Å². The molecule has 0 radical (unpaired) electrons. The first-order valence-corrected chi connectivity index (χ1v) is 8.64. The lowest BCUT2D eigenvalue weighted by molar-refractivity contribution is -0.894. The lowest BCUT2D eigenvalue weighted by atomic mass is 10.1. The maximum Gasteiger partial charge on any atom is 0.338 e. The molecule has 0 aliphatic carbocycles. The van der Waals surface area contributed by atoms with Crippen LogP contribution < -0.4 is 0 Å². The first kappa shape index (κ1) is 22.2. The molecule has 0 heterocycles. The van der Waals surface area contributed by atoms with Crippen molar-refractivity contribution in [2.75, 3.05) is 40.4 Å². The zero-order valence-corrected chi connectivity index (χ0v) is 16.6. The van der Waals surface area contributed by atoms with Gasteiger partial charge in [0, 0.05) is 0 Å². The van der Waals surface area contributed by atoms with E-state index in [9.17, 15) is 20.1 Å². The van der Waals surface area contributed by atoms with Gasteiger partial charge >= 0.3 is 5.97 Å². The summed E-state index contributed by atoms with van der Waals surface area (Å²) in [7, 11) is 3.94. The molecule has 0 bridgehead atoms. The Hall–Kier alpha value is -1.83. The van der Waals surface area contributed by atoms with Crippen molar-refractivity contribution in [1.29, 1.82) is 0 Å². The molecule has 1 aromatic rings. The molecule has 1 aromatic carbocycles. The Morgan fingerprint density at radius 3 is 2.35 bits per heavy atom.